The number of nitrogens with zero attached hydrogens (tertiary/aromatic N) is 3. The fourth-order valence-corrected chi connectivity index (χ4v) is 1.85. The molecule has 0 saturated heterocycles. The van der Waals surface area contributed by atoms with E-state index in [1.165, 1.54) is 0 Å². The lowest BCUT2D eigenvalue weighted by molar-refractivity contribution is 0.102. The van der Waals surface area contributed by atoms with Gasteiger partial charge in [-0.1, -0.05) is 18.2 Å². The molecule has 94 valence electrons. The van der Waals surface area contributed by atoms with Crippen molar-refractivity contribution in [2.75, 3.05) is 5.32 Å². The Morgan fingerprint density at radius 2 is 1.95 bits per heavy atom. The number of aryl methyl sites for hydroxylation is 1. The highest BCUT2D eigenvalue weighted by molar-refractivity contribution is 6.04. The number of nitrogens with one attached hydrogen (secondary N) is 1. The average molecular weight is 252 g/mol. The Bertz CT molecular complexity index is 734. The summed E-state index contributed by atoms with van der Waals surface area (Å²) >= 11 is 0. The first-order valence-corrected chi connectivity index (χ1v) is 5.88. The zero-order valence-electron chi connectivity index (χ0n) is 10.4. The number of aromatic nitrogens is 3. The summed E-state index contributed by atoms with van der Waals surface area (Å²) < 4.78 is 1.81. The second-order valence-electron chi connectivity index (χ2n) is 4.21. The highest BCUT2D eigenvalue weighted by atomic mass is 16.1. The lowest BCUT2D eigenvalue weighted by Gasteiger charge is -2.04. The summed E-state index contributed by atoms with van der Waals surface area (Å²) in [5, 5.41) is 2.78. The number of amides is 1. The number of hydrogen-bond donors (Lipinski definition) is 1. The molecule has 0 bridgehead atoms. The van der Waals surface area contributed by atoms with E-state index in [0.29, 0.717) is 11.4 Å². The number of fused-ring (bicyclic) bond motifs is 1. The Kier molecular flexibility index (Phi) is 2.72. The van der Waals surface area contributed by atoms with E-state index >= 15 is 0 Å². The molecule has 3 aromatic rings. The third kappa shape index (κ3) is 2.18. The van der Waals surface area contributed by atoms with Gasteiger partial charge in [0, 0.05) is 12.6 Å². The summed E-state index contributed by atoms with van der Waals surface area (Å²) in [5.41, 5.74) is 2.15. The number of anilines is 1. The zero-order valence-corrected chi connectivity index (χ0v) is 10.4. The minimum atomic E-state index is -0.172. The van der Waals surface area contributed by atoms with Crippen molar-refractivity contribution in [2.45, 2.75) is 0 Å². The lowest BCUT2D eigenvalue weighted by atomic mass is 10.2. The normalized spacial score (nSPS) is 10.6. The van der Waals surface area contributed by atoms with Gasteiger partial charge < -0.3 is 9.88 Å². The quantitative estimate of drug-likeness (QED) is 0.760. The van der Waals surface area contributed by atoms with E-state index in [-0.39, 0.29) is 5.91 Å². The van der Waals surface area contributed by atoms with E-state index in [9.17, 15) is 4.79 Å². The molecule has 0 saturated carbocycles. The van der Waals surface area contributed by atoms with Crippen LogP contribution in [0.15, 0.2) is 48.8 Å². The first kappa shape index (κ1) is 11.4. The highest BCUT2D eigenvalue weighted by Gasteiger charge is 2.08. The smallest absolute Gasteiger partial charge is 0.256 e. The van der Waals surface area contributed by atoms with Crippen LogP contribution >= 0.6 is 0 Å². The minimum absolute atomic E-state index is 0.172. The molecule has 0 radical (unpaired) electrons. The largest absolute Gasteiger partial charge is 0.318 e. The molecule has 3 rings (SSSR count). The number of carbonyl (C=O) groups excluding carboxylic acids is 1. The second kappa shape index (κ2) is 4.53. The molecule has 5 heteroatoms. The molecule has 1 amide bonds. The van der Waals surface area contributed by atoms with Crippen molar-refractivity contribution in [3.63, 3.8) is 0 Å². The number of hydrogen-bond acceptors (Lipinski definition) is 3. The molecule has 1 aromatic carbocycles. The number of pyridine rings is 1. The van der Waals surface area contributed by atoms with Gasteiger partial charge in [0.1, 0.15) is 11.3 Å². The highest BCUT2D eigenvalue weighted by Crippen LogP contribution is 2.13. The first-order valence-electron chi connectivity index (χ1n) is 5.88. The molecule has 0 atom stereocenters. The maximum Gasteiger partial charge on any atom is 0.256 e. The Balaban J connectivity index is 1.89. The van der Waals surface area contributed by atoms with Crippen molar-refractivity contribution in [3.8, 4) is 0 Å². The number of benzene rings is 1. The van der Waals surface area contributed by atoms with Gasteiger partial charge >= 0.3 is 0 Å². The van der Waals surface area contributed by atoms with E-state index in [4.69, 9.17) is 0 Å². The van der Waals surface area contributed by atoms with Crippen LogP contribution in [-0.4, -0.2) is 20.4 Å². The molecule has 0 aliphatic rings. The molecule has 2 heterocycles. The molecular weight excluding hydrogens is 240 g/mol. The van der Waals surface area contributed by atoms with Gasteiger partial charge in [0.05, 0.1) is 6.33 Å². The summed E-state index contributed by atoms with van der Waals surface area (Å²) in [6, 6.07) is 12.6. The van der Waals surface area contributed by atoms with Crippen LogP contribution in [0.25, 0.3) is 11.2 Å². The van der Waals surface area contributed by atoms with Crippen LogP contribution in [0.5, 0.6) is 0 Å². The predicted molar refractivity (Wildman–Crippen MR) is 72.9 cm³/mol. The first-order chi connectivity index (χ1) is 9.24. The van der Waals surface area contributed by atoms with E-state index < -0.39 is 0 Å². The van der Waals surface area contributed by atoms with Gasteiger partial charge in [0.2, 0.25) is 0 Å². The maximum atomic E-state index is 12.0. The molecule has 0 unspecified atom stereocenters. The molecule has 0 aliphatic heterocycles. The summed E-state index contributed by atoms with van der Waals surface area (Å²) in [7, 11) is 1.87. The van der Waals surface area contributed by atoms with Gasteiger partial charge in [-0.05, 0) is 24.3 Å². The van der Waals surface area contributed by atoms with Crippen LogP contribution in [0, 0.1) is 0 Å². The Hall–Kier alpha value is -2.69. The van der Waals surface area contributed by atoms with Crippen LogP contribution in [0.3, 0.4) is 0 Å². The van der Waals surface area contributed by atoms with Crippen molar-refractivity contribution in [2.24, 2.45) is 7.05 Å². The summed E-state index contributed by atoms with van der Waals surface area (Å²) in [5.74, 6) is 0.347. The fourth-order valence-electron chi connectivity index (χ4n) is 1.85. The van der Waals surface area contributed by atoms with Crippen molar-refractivity contribution in [1.82, 2.24) is 14.5 Å². The van der Waals surface area contributed by atoms with E-state index in [2.05, 4.69) is 15.3 Å². The van der Waals surface area contributed by atoms with Crippen LogP contribution in [0.1, 0.15) is 10.4 Å². The Morgan fingerprint density at radius 1 is 1.16 bits per heavy atom. The van der Waals surface area contributed by atoms with Gasteiger partial charge in [-0.15, -0.1) is 0 Å². The monoisotopic (exact) mass is 252 g/mol. The third-order valence-corrected chi connectivity index (χ3v) is 2.84. The molecule has 19 heavy (non-hydrogen) atoms. The van der Waals surface area contributed by atoms with Crippen LogP contribution in [-0.2, 0) is 7.05 Å². The topological polar surface area (TPSA) is 59.8 Å². The van der Waals surface area contributed by atoms with Gasteiger partial charge in [-0.2, -0.15) is 0 Å². The van der Waals surface area contributed by atoms with Crippen molar-refractivity contribution < 1.29 is 4.79 Å². The molecule has 5 nitrogen and oxygen atoms in total. The van der Waals surface area contributed by atoms with Gasteiger partial charge in [-0.25, -0.2) is 9.97 Å². The van der Waals surface area contributed by atoms with Crippen LogP contribution in [0.4, 0.5) is 5.82 Å². The van der Waals surface area contributed by atoms with Gasteiger partial charge in [0.15, 0.2) is 5.65 Å². The minimum Gasteiger partial charge on any atom is -0.318 e. The number of rotatable bonds is 2. The fraction of sp³-hybridized carbons (Fsp3) is 0.0714. The van der Waals surface area contributed by atoms with Crippen molar-refractivity contribution in [3.05, 3.63) is 54.4 Å². The lowest BCUT2D eigenvalue weighted by Crippen LogP contribution is -2.12. The molecule has 1 N–H and O–H groups in total. The molecule has 0 fully saturated rings. The number of carbonyl (C=O) groups is 1. The van der Waals surface area contributed by atoms with Crippen molar-refractivity contribution >= 4 is 22.9 Å². The molecule has 2 aromatic heterocycles. The summed E-state index contributed by atoms with van der Waals surface area (Å²) in [4.78, 5) is 20.6. The van der Waals surface area contributed by atoms with Crippen LogP contribution in [0.2, 0.25) is 0 Å². The molecule has 0 aliphatic carbocycles. The maximum absolute atomic E-state index is 12.0. The zero-order chi connectivity index (χ0) is 13.2. The van der Waals surface area contributed by atoms with Crippen molar-refractivity contribution in [1.29, 1.82) is 0 Å². The van der Waals surface area contributed by atoms with E-state index in [0.717, 1.165) is 11.2 Å². The predicted octanol–water partition coefficient (Wildman–Crippen LogP) is 2.22. The van der Waals surface area contributed by atoms with E-state index in [1.54, 1.807) is 24.5 Å². The number of imidazole rings is 1. The third-order valence-electron chi connectivity index (χ3n) is 2.84. The van der Waals surface area contributed by atoms with E-state index in [1.807, 2.05) is 35.9 Å². The molecule has 0 spiro atoms. The summed E-state index contributed by atoms with van der Waals surface area (Å²) in [6.45, 7) is 0. The standard InChI is InChI=1S/C14H12N4O/c1-18-9-15-11-7-8-12(16-13(11)18)17-14(19)10-5-3-2-4-6-10/h2-9H,1H3,(H,16,17,19). The van der Waals surface area contributed by atoms with Crippen LogP contribution < -0.4 is 5.32 Å². The van der Waals surface area contributed by atoms with Gasteiger partial charge in [-0.3, -0.25) is 4.79 Å². The van der Waals surface area contributed by atoms with Gasteiger partial charge in [0.25, 0.3) is 5.91 Å². The Labute approximate surface area is 109 Å². The Morgan fingerprint density at radius 3 is 2.74 bits per heavy atom. The SMILES string of the molecule is Cn1cnc2ccc(NC(=O)c3ccccc3)nc21. The summed E-state index contributed by atoms with van der Waals surface area (Å²) in [6.07, 6.45) is 1.69. The average Bonchev–Trinajstić information content (AvgIpc) is 2.81. The molecular formula is C14H12N4O. The second-order valence-corrected chi connectivity index (χ2v) is 4.21.